The molecule has 1 N–H and O–H groups in total. The van der Waals surface area contributed by atoms with Gasteiger partial charge in [0.2, 0.25) is 0 Å². The first-order chi connectivity index (χ1) is 10.5. The summed E-state index contributed by atoms with van der Waals surface area (Å²) in [6.07, 6.45) is 1.43. The maximum Gasteiger partial charge on any atom is 0.266 e. The number of para-hydroxylation sites is 1. The number of benzene rings is 2. The quantitative estimate of drug-likeness (QED) is 0.651. The lowest BCUT2D eigenvalue weighted by atomic mass is 10.1. The number of amides is 1. The minimum Gasteiger partial charge on any atom is -0.320 e. The maximum absolute atomic E-state index is 13.2. The van der Waals surface area contributed by atoms with Crippen LogP contribution in [0.1, 0.15) is 11.1 Å². The minimum absolute atomic E-state index is 0.0539. The Balaban J connectivity index is 2.26. The molecule has 0 fully saturated rings. The van der Waals surface area contributed by atoms with Crippen LogP contribution >= 0.6 is 15.9 Å². The highest BCUT2D eigenvalue weighted by atomic mass is 79.9. The molecule has 22 heavy (non-hydrogen) atoms. The molecule has 0 aliphatic heterocycles. The van der Waals surface area contributed by atoms with Gasteiger partial charge >= 0.3 is 0 Å². The molecule has 2 rings (SSSR count). The lowest BCUT2D eigenvalue weighted by Crippen LogP contribution is -2.13. The summed E-state index contributed by atoms with van der Waals surface area (Å²) in [7, 11) is 0. The summed E-state index contributed by atoms with van der Waals surface area (Å²) >= 11 is 3.32. The van der Waals surface area contributed by atoms with E-state index in [-0.39, 0.29) is 11.4 Å². The molecule has 5 heteroatoms. The van der Waals surface area contributed by atoms with E-state index in [0.29, 0.717) is 16.8 Å². The fourth-order valence-corrected chi connectivity index (χ4v) is 2.21. The van der Waals surface area contributed by atoms with E-state index in [0.717, 1.165) is 4.47 Å². The lowest BCUT2D eigenvalue weighted by Gasteiger charge is -2.06. The third-order valence-corrected chi connectivity index (χ3v) is 3.67. The van der Waals surface area contributed by atoms with Gasteiger partial charge in [-0.1, -0.05) is 18.2 Å². The maximum atomic E-state index is 13.2. The molecule has 0 spiro atoms. The number of nitrogens with zero attached hydrogens (tertiary/aromatic N) is 1. The third-order valence-electron chi connectivity index (χ3n) is 2.98. The van der Waals surface area contributed by atoms with Gasteiger partial charge in [-0.25, -0.2) is 4.39 Å². The monoisotopic (exact) mass is 358 g/mol. The van der Waals surface area contributed by atoms with Gasteiger partial charge in [0.1, 0.15) is 17.5 Å². The number of hydrogen-bond donors (Lipinski definition) is 1. The molecule has 0 aromatic heterocycles. The largest absolute Gasteiger partial charge is 0.320 e. The Bertz CT molecular complexity index is 793. The Morgan fingerprint density at radius 3 is 2.68 bits per heavy atom. The topological polar surface area (TPSA) is 52.9 Å². The van der Waals surface area contributed by atoms with E-state index in [4.69, 9.17) is 5.26 Å². The highest BCUT2D eigenvalue weighted by molar-refractivity contribution is 9.10. The molecule has 1 amide bonds. The second-order valence-electron chi connectivity index (χ2n) is 4.61. The van der Waals surface area contributed by atoms with Crippen LogP contribution < -0.4 is 5.32 Å². The number of halogens is 2. The van der Waals surface area contributed by atoms with Crippen LogP contribution in [-0.4, -0.2) is 5.91 Å². The standard InChI is InChI=1S/C17H12BrFN2O/c1-11-8-12(6-7-15(11)19)9-13(10-20)17(22)21-16-5-3-2-4-14(16)18/h2-9H,1H3,(H,21,22)/b13-9-. The van der Waals surface area contributed by atoms with Crippen molar-refractivity contribution in [3.05, 3.63) is 69.5 Å². The number of carbonyl (C=O) groups excluding carboxylic acids is 1. The number of aryl methyl sites for hydroxylation is 1. The number of nitrogens with one attached hydrogen (secondary N) is 1. The molecule has 2 aromatic carbocycles. The minimum atomic E-state index is -0.517. The molecule has 2 aromatic rings. The van der Waals surface area contributed by atoms with Crippen LogP contribution in [0.3, 0.4) is 0 Å². The normalized spacial score (nSPS) is 10.9. The SMILES string of the molecule is Cc1cc(/C=C(/C#N)C(=O)Nc2ccccc2Br)ccc1F. The number of carbonyl (C=O) groups is 1. The zero-order valence-corrected chi connectivity index (χ0v) is 13.3. The molecule has 110 valence electrons. The molecule has 0 bridgehead atoms. The summed E-state index contributed by atoms with van der Waals surface area (Å²) < 4.78 is 14.0. The van der Waals surface area contributed by atoms with Crippen molar-refractivity contribution >= 4 is 33.6 Å². The first-order valence-corrected chi connectivity index (χ1v) is 7.24. The predicted octanol–water partition coefficient (Wildman–Crippen LogP) is 4.44. The summed E-state index contributed by atoms with van der Waals surface area (Å²) in [5, 5.41) is 11.8. The van der Waals surface area contributed by atoms with E-state index in [1.807, 2.05) is 12.1 Å². The Morgan fingerprint density at radius 2 is 2.05 bits per heavy atom. The zero-order chi connectivity index (χ0) is 16.1. The van der Waals surface area contributed by atoms with Crippen LogP contribution in [0.4, 0.5) is 10.1 Å². The number of nitriles is 1. The van der Waals surface area contributed by atoms with Gasteiger partial charge in [-0.2, -0.15) is 5.26 Å². The highest BCUT2D eigenvalue weighted by Gasteiger charge is 2.11. The van der Waals surface area contributed by atoms with Crippen molar-refractivity contribution in [1.82, 2.24) is 0 Å². The van der Waals surface area contributed by atoms with E-state index < -0.39 is 5.91 Å². The molecule has 0 saturated carbocycles. The Kier molecular flexibility index (Phi) is 5.08. The first-order valence-electron chi connectivity index (χ1n) is 6.45. The van der Waals surface area contributed by atoms with Crippen LogP contribution in [0.5, 0.6) is 0 Å². The molecule has 0 saturated heterocycles. The summed E-state index contributed by atoms with van der Waals surface area (Å²) in [6.45, 7) is 1.62. The van der Waals surface area contributed by atoms with Gasteiger partial charge in [0, 0.05) is 4.47 Å². The van der Waals surface area contributed by atoms with Crippen LogP contribution in [-0.2, 0) is 4.79 Å². The second kappa shape index (κ2) is 7.01. The van der Waals surface area contributed by atoms with Gasteiger partial charge in [-0.15, -0.1) is 0 Å². The predicted molar refractivity (Wildman–Crippen MR) is 87.5 cm³/mol. The molecular weight excluding hydrogens is 347 g/mol. The summed E-state index contributed by atoms with van der Waals surface area (Å²) in [4.78, 5) is 12.2. The fraction of sp³-hybridized carbons (Fsp3) is 0.0588. The third kappa shape index (κ3) is 3.80. The molecule has 0 heterocycles. The van der Waals surface area contributed by atoms with Gasteiger partial charge < -0.3 is 5.32 Å². The van der Waals surface area contributed by atoms with Gasteiger partial charge in [-0.05, 0) is 64.3 Å². The molecule has 0 unspecified atom stereocenters. The van der Waals surface area contributed by atoms with E-state index in [9.17, 15) is 9.18 Å². The van der Waals surface area contributed by atoms with Gasteiger partial charge in [0.25, 0.3) is 5.91 Å². The first kappa shape index (κ1) is 15.9. The van der Waals surface area contributed by atoms with Crippen molar-refractivity contribution in [2.45, 2.75) is 6.92 Å². The van der Waals surface area contributed by atoms with E-state index in [2.05, 4.69) is 21.2 Å². The van der Waals surface area contributed by atoms with Crippen molar-refractivity contribution < 1.29 is 9.18 Å². The smallest absolute Gasteiger partial charge is 0.266 e. The molecular formula is C17H12BrFN2O. The van der Waals surface area contributed by atoms with Gasteiger partial charge in [0.15, 0.2) is 0 Å². The molecule has 0 aliphatic rings. The van der Waals surface area contributed by atoms with Crippen LogP contribution in [0.25, 0.3) is 6.08 Å². The number of rotatable bonds is 3. The average Bonchev–Trinajstić information content (AvgIpc) is 2.50. The zero-order valence-electron chi connectivity index (χ0n) is 11.7. The Morgan fingerprint density at radius 1 is 1.32 bits per heavy atom. The molecule has 3 nitrogen and oxygen atoms in total. The van der Waals surface area contributed by atoms with Crippen molar-refractivity contribution in [2.75, 3.05) is 5.32 Å². The van der Waals surface area contributed by atoms with E-state index in [1.54, 1.807) is 31.2 Å². The summed E-state index contributed by atoms with van der Waals surface area (Å²) in [6, 6.07) is 13.4. The summed E-state index contributed by atoms with van der Waals surface area (Å²) in [5.74, 6) is -0.843. The van der Waals surface area contributed by atoms with E-state index >= 15 is 0 Å². The van der Waals surface area contributed by atoms with Crippen molar-refractivity contribution in [1.29, 1.82) is 5.26 Å². The fourth-order valence-electron chi connectivity index (χ4n) is 1.83. The van der Waals surface area contributed by atoms with Gasteiger partial charge in [0.05, 0.1) is 5.69 Å². The number of anilines is 1. The van der Waals surface area contributed by atoms with Crippen molar-refractivity contribution in [3.8, 4) is 6.07 Å². The molecule has 0 atom stereocenters. The second-order valence-corrected chi connectivity index (χ2v) is 5.47. The van der Waals surface area contributed by atoms with Gasteiger partial charge in [-0.3, -0.25) is 4.79 Å². The number of hydrogen-bond acceptors (Lipinski definition) is 2. The molecule has 0 radical (unpaired) electrons. The van der Waals surface area contributed by atoms with E-state index in [1.165, 1.54) is 18.2 Å². The van der Waals surface area contributed by atoms with Crippen molar-refractivity contribution in [2.24, 2.45) is 0 Å². The van der Waals surface area contributed by atoms with Crippen LogP contribution in [0.2, 0.25) is 0 Å². The van der Waals surface area contributed by atoms with Crippen LogP contribution in [0, 0.1) is 24.1 Å². The van der Waals surface area contributed by atoms with Crippen LogP contribution in [0.15, 0.2) is 52.5 Å². The van der Waals surface area contributed by atoms with Crippen molar-refractivity contribution in [3.63, 3.8) is 0 Å². The lowest BCUT2D eigenvalue weighted by molar-refractivity contribution is -0.112. The Hall–Kier alpha value is -2.45. The highest BCUT2D eigenvalue weighted by Crippen LogP contribution is 2.22. The average molecular weight is 359 g/mol. The summed E-state index contributed by atoms with van der Waals surface area (Å²) in [5.41, 5.74) is 1.57. The Labute approximate surface area is 136 Å². The molecule has 0 aliphatic carbocycles.